The van der Waals surface area contributed by atoms with Crippen molar-refractivity contribution >= 4 is 17.0 Å². The Kier molecular flexibility index (Phi) is 2.89. The first-order chi connectivity index (χ1) is 9.28. The SMILES string of the molecule is NNc1nc2ccccc2n1Cc1ccc(F)cc1. The van der Waals surface area contributed by atoms with Crippen molar-refractivity contribution in [1.29, 1.82) is 0 Å². The highest BCUT2D eigenvalue weighted by atomic mass is 19.1. The van der Waals surface area contributed by atoms with Gasteiger partial charge in [-0.25, -0.2) is 15.2 Å². The van der Waals surface area contributed by atoms with Gasteiger partial charge in [0.2, 0.25) is 5.95 Å². The van der Waals surface area contributed by atoms with Gasteiger partial charge in [0.05, 0.1) is 17.6 Å². The number of nitrogens with zero attached hydrogens (tertiary/aromatic N) is 2. The van der Waals surface area contributed by atoms with Crippen molar-refractivity contribution in [2.45, 2.75) is 6.54 Å². The van der Waals surface area contributed by atoms with Gasteiger partial charge in [-0.1, -0.05) is 24.3 Å². The smallest absolute Gasteiger partial charge is 0.218 e. The summed E-state index contributed by atoms with van der Waals surface area (Å²) in [5.74, 6) is 5.85. The Morgan fingerprint density at radius 2 is 1.84 bits per heavy atom. The molecule has 0 aliphatic rings. The minimum atomic E-state index is -0.239. The van der Waals surface area contributed by atoms with Crippen molar-refractivity contribution < 1.29 is 4.39 Å². The van der Waals surface area contributed by atoms with Crippen LogP contribution in [-0.2, 0) is 6.54 Å². The third kappa shape index (κ3) is 2.15. The average molecular weight is 256 g/mol. The molecule has 3 rings (SSSR count). The summed E-state index contributed by atoms with van der Waals surface area (Å²) < 4.78 is 14.9. The molecule has 0 saturated heterocycles. The number of imidazole rings is 1. The predicted octanol–water partition coefficient (Wildman–Crippen LogP) is 2.51. The van der Waals surface area contributed by atoms with Gasteiger partial charge in [-0.2, -0.15) is 0 Å². The van der Waals surface area contributed by atoms with E-state index >= 15 is 0 Å². The molecule has 0 amide bonds. The van der Waals surface area contributed by atoms with E-state index in [4.69, 9.17) is 5.84 Å². The maximum atomic E-state index is 12.9. The van der Waals surface area contributed by atoms with Gasteiger partial charge in [0.25, 0.3) is 0 Å². The molecule has 0 radical (unpaired) electrons. The number of para-hydroxylation sites is 2. The highest BCUT2D eigenvalue weighted by molar-refractivity contribution is 5.78. The second kappa shape index (κ2) is 4.70. The standard InChI is InChI=1S/C14H13FN4/c15-11-7-5-10(6-8-11)9-19-13-4-2-1-3-12(13)17-14(19)18-16/h1-8H,9,16H2,(H,17,18). The number of aromatic nitrogens is 2. The molecule has 19 heavy (non-hydrogen) atoms. The Morgan fingerprint density at radius 1 is 1.11 bits per heavy atom. The summed E-state index contributed by atoms with van der Waals surface area (Å²) in [5, 5.41) is 0. The number of nitrogens with one attached hydrogen (secondary N) is 1. The van der Waals surface area contributed by atoms with E-state index in [2.05, 4.69) is 10.4 Å². The zero-order valence-corrected chi connectivity index (χ0v) is 10.2. The van der Waals surface area contributed by atoms with Gasteiger partial charge in [-0.05, 0) is 29.8 Å². The fourth-order valence-corrected chi connectivity index (χ4v) is 2.12. The minimum absolute atomic E-state index is 0.239. The number of nitrogens with two attached hydrogens (primary N) is 1. The number of hydrogen-bond acceptors (Lipinski definition) is 3. The van der Waals surface area contributed by atoms with Crippen LogP contribution in [0.3, 0.4) is 0 Å². The molecule has 0 bridgehead atoms. The number of benzene rings is 2. The van der Waals surface area contributed by atoms with Crippen LogP contribution in [0.2, 0.25) is 0 Å². The lowest BCUT2D eigenvalue weighted by Crippen LogP contribution is -2.13. The lowest BCUT2D eigenvalue weighted by atomic mass is 10.2. The fraction of sp³-hybridized carbons (Fsp3) is 0.0714. The van der Waals surface area contributed by atoms with Gasteiger partial charge >= 0.3 is 0 Å². The highest BCUT2D eigenvalue weighted by Crippen LogP contribution is 2.20. The summed E-state index contributed by atoms with van der Waals surface area (Å²) in [7, 11) is 0. The third-order valence-corrected chi connectivity index (χ3v) is 3.04. The van der Waals surface area contributed by atoms with Crippen LogP contribution in [0.15, 0.2) is 48.5 Å². The Bertz CT molecular complexity index is 703. The van der Waals surface area contributed by atoms with Crippen molar-refractivity contribution in [2.24, 2.45) is 5.84 Å². The van der Waals surface area contributed by atoms with Gasteiger partial charge in [-0.3, -0.25) is 5.43 Å². The van der Waals surface area contributed by atoms with E-state index in [1.165, 1.54) is 12.1 Å². The second-order valence-corrected chi connectivity index (χ2v) is 4.28. The Hall–Kier alpha value is -2.40. The molecule has 0 fully saturated rings. The summed E-state index contributed by atoms with van der Waals surface area (Å²) in [4.78, 5) is 4.40. The summed E-state index contributed by atoms with van der Waals surface area (Å²) >= 11 is 0. The predicted molar refractivity (Wildman–Crippen MR) is 73.0 cm³/mol. The van der Waals surface area contributed by atoms with Crippen molar-refractivity contribution in [2.75, 3.05) is 5.43 Å². The van der Waals surface area contributed by atoms with Crippen molar-refractivity contribution in [1.82, 2.24) is 9.55 Å². The van der Waals surface area contributed by atoms with Crippen LogP contribution < -0.4 is 11.3 Å². The highest BCUT2D eigenvalue weighted by Gasteiger charge is 2.09. The van der Waals surface area contributed by atoms with Crippen molar-refractivity contribution in [3.63, 3.8) is 0 Å². The van der Waals surface area contributed by atoms with Crippen molar-refractivity contribution in [3.05, 3.63) is 59.9 Å². The van der Waals surface area contributed by atoms with E-state index < -0.39 is 0 Å². The van der Waals surface area contributed by atoms with E-state index in [9.17, 15) is 4.39 Å². The zero-order valence-electron chi connectivity index (χ0n) is 10.2. The topological polar surface area (TPSA) is 55.9 Å². The number of fused-ring (bicyclic) bond motifs is 1. The molecule has 2 aromatic carbocycles. The van der Waals surface area contributed by atoms with E-state index in [1.807, 2.05) is 28.8 Å². The fourth-order valence-electron chi connectivity index (χ4n) is 2.12. The molecule has 4 nitrogen and oxygen atoms in total. The molecule has 5 heteroatoms. The van der Waals surface area contributed by atoms with Gasteiger partial charge in [0.15, 0.2) is 0 Å². The number of rotatable bonds is 3. The van der Waals surface area contributed by atoms with Gasteiger partial charge in [-0.15, -0.1) is 0 Å². The van der Waals surface area contributed by atoms with Crippen LogP contribution in [0, 0.1) is 5.82 Å². The quantitative estimate of drug-likeness (QED) is 0.559. The molecular weight excluding hydrogens is 243 g/mol. The minimum Gasteiger partial charge on any atom is -0.305 e. The van der Waals surface area contributed by atoms with Gasteiger partial charge < -0.3 is 4.57 Å². The van der Waals surface area contributed by atoms with Gasteiger partial charge in [0.1, 0.15) is 5.82 Å². The van der Waals surface area contributed by atoms with Gasteiger partial charge in [0, 0.05) is 0 Å². The van der Waals surface area contributed by atoms with Crippen LogP contribution in [0.4, 0.5) is 10.3 Å². The summed E-state index contributed by atoms with van der Waals surface area (Å²) in [5.41, 5.74) is 5.44. The Labute approximate surface area is 109 Å². The summed E-state index contributed by atoms with van der Waals surface area (Å²) in [6, 6.07) is 14.2. The number of anilines is 1. The second-order valence-electron chi connectivity index (χ2n) is 4.28. The molecule has 3 aromatic rings. The molecule has 0 spiro atoms. The van der Waals surface area contributed by atoms with Crippen LogP contribution >= 0.6 is 0 Å². The first-order valence-electron chi connectivity index (χ1n) is 5.94. The lowest BCUT2D eigenvalue weighted by Gasteiger charge is -2.08. The number of hydrogen-bond donors (Lipinski definition) is 2. The molecule has 0 atom stereocenters. The Morgan fingerprint density at radius 3 is 2.58 bits per heavy atom. The van der Waals surface area contributed by atoms with Crippen LogP contribution in [0.1, 0.15) is 5.56 Å². The molecule has 96 valence electrons. The molecule has 3 N–H and O–H groups in total. The molecular formula is C14H13FN4. The van der Waals surface area contributed by atoms with E-state index in [0.717, 1.165) is 16.6 Å². The van der Waals surface area contributed by atoms with Crippen molar-refractivity contribution in [3.8, 4) is 0 Å². The molecule has 0 saturated carbocycles. The van der Waals surface area contributed by atoms with Crippen LogP contribution in [0.5, 0.6) is 0 Å². The first-order valence-corrected chi connectivity index (χ1v) is 5.94. The number of halogens is 1. The number of nitrogen functional groups attached to an aromatic ring is 1. The molecule has 0 aliphatic heterocycles. The maximum Gasteiger partial charge on any atom is 0.218 e. The normalized spacial score (nSPS) is 10.8. The maximum absolute atomic E-state index is 12.9. The van der Waals surface area contributed by atoms with E-state index in [1.54, 1.807) is 12.1 Å². The largest absolute Gasteiger partial charge is 0.305 e. The zero-order chi connectivity index (χ0) is 13.2. The lowest BCUT2D eigenvalue weighted by molar-refractivity contribution is 0.626. The monoisotopic (exact) mass is 256 g/mol. The summed E-state index contributed by atoms with van der Waals surface area (Å²) in [6.45, 7) is 0.584. The molecule has 0 aliphatic carbocycles. The number of hydrazine groups is 1. The van der Waals surface area contributed by atoms with E-state index in [0.29, 0.717) is 12.5 Å². The molecule has 0 unspecified atom stereocenters. The van der Waals surface area contributed by atoms with E-state index in [-0.39, 0.29) is 5.82 Å². The third-order valence-electron chi connectivity index (χ3n) is 3.04. The van der Waals surface area contributed by atoms with Crippen LogP contribution in [-0.4, -0.2) is 9.55 Å². The first kappa shape index (κ1) is 11.7. The Balaban J connectivity index is 2.06. The van der Waals surface area contributed by atoms with Crippen LogP contribution in [0.25, 0.3) is 11.0 Å². The average Bonchev–Trinajstić information content (AvgIpc) is 2.79. The summed E-state index contributed by atoms with van der Waals surface area (Å²) in [6.07, 6.45) is 0. The molecule has 1 aromatic heterocycles. The molecule has 1 heterocycles.